The molecule has 21 heavy (non-hydrogen) atoms. The largest absolute Gasteiger partial charge is 0.377 e. The second-order valence-corrected chi connectivity index (χ2v) is 6.78. The minimum Gasteiger partial charge on any atom is -0.377 e. The maximum atomic E-state index is 12.2. The van der Waals surface area contributed by atoms with Crippen LogP contribution in [0.2, 0.25) is 5.02 Å². The molecule has 1 heterocycles. The highest BCUT2D eigenvalue weighted by atomic mass is 35.5. The van der Waals surface area contributed by atoms with Crippen LogP contribution in [0.4, 0.5) is 0 Å². The van der Waals surface area contributed by atoms with Gasteiger partial charge in [-0.15, -0.1) is 0 Å². The molecule has 0 saturated carbocycles. The first-order chi connectivity index (χ1) is 10.0. The molecule has 0 aliphatic carbocycles. The van der Waals surface area contributed by atoms with Crippen LogP contribution in [-0.2, 0) is 14.8 Å². The number of ether oxygens (including phenoxy) is 1. The van der Waals surface area contributed by atoms with Gasteiger partial charge < -0.3 is 10.5 Å². The Bertz CT molecular complexity index is 659. The molecule has 0 aromatic heterocycles. The molecule has 1 aromatic rings. The zero-order valence-electron chi connectivity index (χ0n) is 11.4. The first-order valence-electron chi connectivity index (χ1n) is 6.62. The summed E-state index contributed by atoms with van der Waals surface area (Å²) in [5.74, 6) is 5.50. The lowest BCUT2D eigenvalue weighted by Gasteiger charge is -2.12. The van der Waals surface area contributed by atoms with Crippen LogP contribution < -0.4 is 10.5 Å². The Morgan fingerprint density at radius 1 is 1.48 bits per heavy atom. The zero-order chi connectivity index (χ0) is 15.3. The van der Waals surface area contributed by atoms with Crippen LogP contribution in [0, 0.1) is 11.8 Å². The molecule has 2 rings (SSSR count). The van der Waals surface area contributed by atoms with Crippen LogP contribution in [-0.4, -0.2) is 34.2 Å². The molecule has 0 spiro atoms. The van der Waals surface area contributed by atoms with Crippen LogP contribution in [0.5, 0.6) is 0 Å². The lowest BCUT2D eigenvalue weighted by Crippen LogP contribution is -2.32. The molecule has 7 heteroatoms. The minimum absolute atomic E-state index is 0.0421. The van der Waals surface area contributed by atoms with Gasteiger partial charge >= 0.3 is 0 Å². The van der Waals surface area contributed by atoms with Crippen molar-refractivity contribution in [3.8, 4) is 11.8 Å². The molecule has 0 radical (unpaired) electrons. The Kier molecular flexibility index (Phi) is 5.62. The molecule has 1 saturated heterocycles. The first kappa shape index (κ1) is 16.3. The Morgan fingerprint density at radius 3 is 2.90 bits per heavy atom. The van der Waals surface area contributed by atoms with Gasteiger partial charge in [-0.25, -0.2) is 13.1 Å². The van der Waals surface area contributed by atoms with E-state index in [1.807, 2.05) is 0 Å². The van der Waals surface area contributed by atoms with Crippen molar-refractivity contribution in [2.24, 2.45) is 5.73 Å². The Hall–Kier alpha value is -1.10. The van der Waals surface area contributed by atoms with Crippen LogP contribution in [0.25, 0.3) is 0 Å². The van der Waals surface area contributed by atoms with E-state index in [4.69, 9.17) is 22.1 Å². The van der Waals surface area contributed by atoms with Gasteiger partial charge in [-0.3, -0.25) is 0 Å². The molecule has 114 valence electrons. The molecule has 0 bridgehead atoms. The number of hydrogen-bond acceptors (Lipinski definition) is 4. The number of benzene rings is 1. The van der Waals surface area contributed by atoms with Gasteiger partial charge in [-0.2, -0.15) is 0 Å². The minimum atomic E-state index is -3.65. The fraction of sp³-hybridized carbons (Fsp3) is 0.429. The third-order valence-corrected chi connectivity index (χ3v) is 4.99. The van der Waals surface area contributed by atoms with Crippen LogP contribution >= 0.6 is 11.6 Å². The van der Waals surface area contributed by atoms with E-state index < -0.39 is 10.0 Å². The van der Waals surface area contributed by atoms with Crippen molar-refractivity contribution < 1.29 is 13.2 Å². The van der Waals surface area contributed by atoms with E-state index in [2.05, 4.69) is 16.6 Å². The number of nitrogens with one attached hydrogen (secondary N) is 1. The van der Waals surface area contributed by atoms with Crippen molar-refractivity contribution in [3.05, 3.63) is 28.8 Å². The second-order valence-electron chi connectivity index (χ2n) is 4.64. The molecule has 1 aliphatic rings. The number of rotatable bonds is 4. The average Bonchev–Trinajstić information content (AvgIpc) is 2.96. The maximum Gasteiger partial charge on any atom is 0.242 e. The van der Waals surface area contributed by atoms with Gasteiger partial charge in [0, 0.05) is 18.7 Å². The summed E-state index contributed by atoms with van der Waals surface area (Å²) in [6.07, 6.45) is 1.76. The molecule has 5 nitrogen and oxygen atoms in total. The van der Waals surface area contributed by atoms with Gasteiger partial charge in [-0.1, -0.05) is 23.4 Å². The zero-order valence-corrected chi connectivity index (χ0v) is 13.0. The predicted molar refractivity (Wildman–Crippen MR) is 81.5 cm³/mol. The second kappa shape index (κ2) is 7.25. The Balaban J connectivity index is 2.11. The summed E-state index contributed by atoms with van der Waals surface area (Å²) in [5, 5.41) is 0.138. The summed E-state index contributed by atoms with van der Waals surface area (Å²) in [7, 11) is -3.65. The fourth-order valence-electron chi connectivity index (χ4n) is 2.04. The lowest BCUT2D eigenvalue weighted by atomic mass is 10.2. The van der Waals surface area contributed by atoms with E-state index in [9.17, 15) is 8.42 Å². The molecule has 1 atom stereocenters. The van der Waals surface area contributed by atoms with Crippen LogP contribution in [0.15, 0.2) is 23.1 Å². The van der Waals surface area contributed by atoms with Gasteiger partial charge in [0.15, 0.2) is 0 Å². The molecular formula is C14H17ClN2O3S. The normalized spacial score (nSPS) is 18.3. The third kappa shape index (κ3) is 4.43. The lowest BCUT2D eigenvalue weighted by molar-refractivity contribution is 0.114. The van der Waals surface area contributed by atoms with E-state index >= 15 is 0 Å². The standard InChI is InChI=1S/C14H17ClN2O3S/c15-13-9-11(3-1-7-16)5-6-14(13)21(18,19)17-10-12-4-2-8-20-12/h5-6,9,12,17H,2,4,7-8,10,16H2. The van der Waals surface area contributed by atoms with Crippen LogP contribution in [0.1, 0.15) is 18.4 Å². The van der Waals surface area contributed by atoms with E-state index in [1.54, 1.807) is 6.07 Å². The summed E-state index contributed by atoms with van der Waals surface area (Å²) in [6, 6.07) is 4.57. The quantitative estimate of drug-likeness (QED) is 0.811. The first-order valence-corrected chi connectivity index (χ1v) is 8.49. The highest BCUT2D eigenvalue weighted by molar-refractivity contribution is 7.89. The summed E-state index contributed by atoms with van der Waals surface area (Å²) in [4.78, 5) is 0.0421. The number of halogens is 1. The molecule has 1 aromatic carbocycles. The predicted octanol–water partition coefficient (Wildman–Crippen LogP) is 1.11. The van der Waals surface area contributed by atoms with Crippen molar-refractivity contribution in [1.82, 2.24) is 4.72 Å². The van der Waals surface area contributed by atoms with Gasteiger partial charge in [0.25, 0.3) is 0 Å². The smallest absolute Gasteiger partial charge is 0.242 e. The summed E-state index contributed by atoms with van der Waals surface area (Å²) in [6.45, 7) is 1.18. The SMILES string of the molecule is NCC#Cc1ccc(S(=O)(=O)NCC2CCCO2)c(Cl)c1. The maximum absolute atomic E-state index is 12.2. The molecular weight excluding hydrogens is 312 g/mol. The van der Waals surface area contributed by atoms with Crippen molar-refractivity contribution in [2.45, 2.75) is 23.8 Å². The highest BCUT2D eigenvalue weighted by Gasteiger charge is 2.22. The van der Waals surface area contributed by atoms with Crippen molar-refractivity contribution in [2.75, 3.05) is 19.7 Å². The molecule has 1 fully saturated rings. The fourth-order valence-corrected chi connectivity index (χ4v) is 3.64. The van der Waals surface area contributed by atoms with E-state index in [0.29, 0.717) is 12.2 Å². The average molecular weight is 329 g/mol. The van der Waals surface area contributed by atoms with E-state index in [1.165, 1.54) is 12.1 Å². The Morgan fingerprint density at radius 2 is 2.29 bits per heavy atom. The number of nitrogens with two attached hydrogens (primary N) is 1. The number of hydrogen-bond donors (Lipinski definition) is 2. The molecule has 1 unspecified atom stereocenters. The molecule has 0 amide bonds. The van der Waals surface area contributed by atoms with Gasteiger partial charge in [0.2, 0.25) is 10.0 Å². The van der Waals surface area contributed by atoms with Crippen molar-refractivity contribution in [1.29, 1.82) is 0 Å². The molecule has 3 N–H and O–H groups in total. The summed E-state index contributed by atoms with van der Waals surface area (Å²) < 4.78 is 32.4. The van der Waals surface area contributed by atoms with Gasteiger partial charge in [-0.05, 0) is 31.0 Å². The van der Waals surface area contributed by atoms with Gasteiger partial charge in [0.05, 0.1) is 17.7 Å². The van der Waals surface area contributed by atoms with Gasteiger partial charge in [0.1, 0.15) is 4.90 Å². The number of sulfonamides is 1. The van der Waals surface area contributed by atoms with Crippen LogP contribution in [0.3, 0.4) is 0 Å². The van der Waals surface area contributed by atoms with Crippen molar-refractivity contribution >= 4 is 21.6 Å². The van der Waals surface area contributed by atoms with Crippen molar-refractivity contribution in [3.63, 3.8) is 0 Å². The monoisotopic (exact) mass is 328 g/mol. The topological polar surface area (TPSA) is 81.4 Å². The third-order valence-electron chi connectivity index (χ3n) is 3.08. The summed E-state index contributed by atoms with van der Waals surface area (Å²) >= 11 is 6.04. The Labute approximate surface area is 129 Å². The van der Waals surface area contributed by atoms with E-state index in [0.717, 1.165) is 12.8 Å². The highest BCUT2D eigenvalue weighted by Crippen LogP contribution is 2.22. The van der Waals surface area contributed by atoms with E-state index in [-0.39, 0.29) is 29.1 Å². The summed E-state index contributed by atoms with van der Waals surface area (Å²) in [5.41, 5.74) is 5.92. The molecule has 1 aliphatic heterocycles.